The molecule has 0 aromatic heterocycles. The van der Waals surface area contributed by atoms with Gasteiger partial charge in [0.05, 0.1) is 6.61 Å². The molecular weight excluding hydrogens is 240 g/mol. The summed E-state index contributed by atoms with van der Waals surface area (Å²) >= 11 is 0. The Kier molecular flexibility index (Phi) is 6.36. The molecule has 0 unspecified atom stereocenters. The first-order chi connectivity index (χ1) is 8.99. The second-order valence-electron chi connectivity index (χ2n) is 5.29. The predicted molar refractivity (Wildman–Crippen MR) is 78.0 cm³/mol. The molecule has 0 aliphatic carbocycles. The van der Waals surface area contributed by atoms with Crippen LogP contribution in [-0.4, -0.2) is 26.6 Å². The number of aryl methyl sites for hydroxylation is 1. The highest BCUT2D eigenvalue weighted by Gasteiger charge is 2.03. The molecule has 0 radical (unpaired) electrons. The fraction of sp³-hybridized carbons (Fsp3) is 0.533. The van der Waals surface area contributed by atoms with E-state index in [9.17, 15) is 4.79 Å². The predicted octanol–water partition coefficient (Wildman–Crippen LogP) is 2.39. The zero-order chi connectivity index (χ0) is 14.3. The summed E-state index contributed by atoms with van der Waals surface area (Å²) in [7, 11) is 4.02. The third kappa shape index (κ3) is 6.25. The molecule has 0 aliphatic rings. The van der Waals surface area contributed by atoms with Crippen LogP contribution >= 0.6 is 0 Å². The highest BCUT2D eigenvalue weighted by Crippen LogP contribution is 2.13. The Hall–Kier alpha value is -1.55. The fourth-order valence-corrected chi connectivity index (χ4v) is 1.56. The van der Waals surface area contributed by atoms with Crippen molar-refractivity contribution in [1.82, 2.24) is 5.48 Å². The summed E-state index contributed by atoms with van der Waals surface area (Å²) in [6, 6.07) is 8.22. The van der Waals surface area contributed by atoms with E-state index in [1.807, 2.05) is 27.9 Å². The quantitative estimate of drug-likeness (QED) is 0.769. The van der Waals surface area contributed by atoms with Crippen molar-refractivity contribution in [3.05, 3.63) is 29.8 Å². The smallest absolute Gasteiger partial charge is 0.243 e. The van der Waals surface area contributed by atoms with Crippen molar-refractivity contribution in [2.45, 2.75) is 26.7 Å². The normalized spacial score (nSPS) is 10.6. The van der Waals surface area contributed by atoms with Crippen molar-refractivity contribution >= 4 is 11.6 Å². The van der Waals surface area contributed by atoms with E-state index in [0.717, 1.165) is 17.7 Å². The largest absolute Gasteiger partial charge is 0.378 e. The van der Waals surface area contributed by atoms with E-state index in [2.05, 4.69) is 34.6 Å². The zero-order valence-electron chi connectivity index (χ0n) is 12.3. The molecule has 0 atom stereocenters. The van der Waals surface area contributed by atoms with Gasteiger partial charge < -0.3 is 4.90 Å². The molecule has 0 spiro atoms. The molecule has 0 saturated carbocycles. The molecule has 0 heterocycles. The summed E-state index contributed by atoms with van der Waals surface area (Å²) in [5.41, 5.74) is 4.78. The molecule has 0 aliphatic heterocycles. The minimum atomic E-state index is -0.0719. The van der Waals surface area contributed by atoms with Gasteiger partial charge in [0.2, 0.25) is 5.91 Å². The Labute approximate surface area is 115 Å². The fourth-order valence-electron chi connectivity index (χ4n) is 1.56. The Balaban J connectivity index is 2.30. The van der Waals surface area contributed by atoms with Crippen molar-refractivity contribution in [2.24, 2.45) is 5.92 Å². The molecule has 0 fully saturated rings. The van der Waals surface area contributed by atoms with E-state index in [4.69, 9.17) is 4.84 Å². The van der Waals surface area contributed by atoms with E-state index in [-0.39, 0.29) is 5.91 Å². The SMILES string of the molecule is CC(C)CONC(=O)CCc1ccc(N(C)C)cc1. The Morgan fingerprint density at radius 3 is 2.42 bits per heavy atom. The maximum Gasteiger partial charge on any atom is 0.243 e. The number of benzene rings is 1. The molecule has 106 valence electrons. The first-order valence-corrected chi connectivity index (χ1v) is 6.66. The van der Waals surface area contributed by atoms with Gasteiger partial charge in [-0.15, -0.1) is 0 Å². The van der Waals surface area contributed by atoms with Gasteiger partial charge in [-0.3, -0.25) is 9.63 Å². The molecular formula is C15H24N2O2. The third-order valence-corrected chi connectivity index (χ3v) is 2.70. The van der Waals surface area contributed by atoms with Gasteiger partial charge >= 0.3 is 0 Å². The molecule has 1 aromatic rings. The molecule has 4 nitrogen and oxygen atoms in total. The van der Waals surface area contributed by atoms with Crippen LogP contribution in [0.2, 0.25) is 0 Å². The molecule has 1 aromatic carbocycles. The molecule has 19 heavy (non-hydrogen) atoms. The number of hydrogen-bond donors (Lipinski definition) is 1. The van der Waals surface area contributed by atoms with Crippen LogP contribution in [-0.2, 0) is 16.1 Å². The van der Waals surface area contributed by atoms with Gasteiger partial charge in [-0.25, -0.2) is 5.48 Å². The topological polar surface area (TPSA) is 41.6 Å². The number of carbonyl (C=O) groups is 1. The van der Waals surface area contributed by atoms with Crippen LogP contribution in [0.3, 0.4) is 0 Å². The summed E-state index contributed by atoms with van der Waals surface area (Å²) in [6.07, 6.45) is 1.17. The molecule has 4 heteroatoms. The molecule has 1 N–H and O–H groups in total. The Morgan fingerprint density at radius 2 is 1.89 bits per heavy atom. The van der Waals surface area contributed by atoms with Gasteiger partial charge in [0.15, 0.2) is 0 Å². The van der Waals surface area contributed by atoms with Crippen LogP contribution in [0, 0.1) is 5.92 Å². The number of nitrogens with one attached hydrogen (secondary N) is 1. The van der Waals surface area contributed by atoms with Crippen molar-refractivity contribution in [3.8, 4) is 0 Å². The number of rotatable bonds is 7. The second-order valence-corrected chi connectivity index (χ2v) is 5.29. The standard InChI is InChI=1S/C15H24N2O2/c1-12(2)11-19-16-15(18)10-7-13-5-8-14(9-6-13)17(3)4/h5-6,8-9,12H,7,10-11H2,1-4H3,(H,16,18). The summed E-state index contributed by atoms with van der Waals surface area (Å²) < 4.78 is 0. The van der Waals surface area contributed by atoms with E-state index >= 15 is 0 Å². The van der Waals surface area contributed by atoms with E-state index in [1.54, 1.807) is 0 Å². The lowest BCUT2D eigenvalue weighted by molar-refractivity contribution is -0.134. The van der Waals surface area contributed by atoms with Crippen LogP contribution < -0.4 is 10.4 Å². The maximum absolute atomic E-state index is 11.5. The first-order valence-electron chi connectivity index (χ1n) is 6.66. The molecule has 0 bridgehead atoms. The van der Waals surface area contributed by atoms with E-state index in [0.29, 0.717) is 18.9 Å². The highest BCUT2D eigenvalue weighted by molar-refractivity contribution is 5.75. The second kappa shape index (κ2) is 7.79. The molecule has 0 saturated heterocycles. The third-order valence-electron chi connectivity index (χ3n) is 2.70. The van der Waals surface area contributed by atoms with Crippen molar-refractivity contribution < 1.29 is 9.63 Å². The average molecular weight is 264 g/mol. The lowest BCUT2D eigenvalue weighted by atomic mass is 10.1. The number of hydrogen-bond acceptors (Lipinski definition) is 3. The minimum Gasteiger partial charge on any atom is -0.378 e. The lowest BCUT2D eigenvalue weighted by Gasteiger charge is -2.12. The van der Waals surface area contributed by atoms with Crippen molar-refractivity contribution in [1.29, 1.82) is 0 Å². The number of carbonyl (C=O) groups excluding carboxylic acids is 1. The van der Waals surface area contributed by atoms with Crippen LogP contribution in [0.25, 0.3) is 0 Å². The Bertz CT molecular complexity index is 386. The van der Waals surface area contributed by atoms with Gasteiger partial charge in [0, 0.05) is 26.2 Å². The monoisotopic (exact) mass is 264 g/mol. The average Bonchev–Trinajstić information content (AvgIpc) is 2.36. The number of hydroxylamine groups is 1. The summed E-state index contributed by atoms with van der Waals surface area (Å²) in [5, 5.41) is 0. The van der Waals surface area contributed by atoms with Gasteiger partial charge in [0.1, 0.15) is 0 Å². The Morgan fingerprint density at radius 1 is 1.26 bits per heavy atom. The van der Waals surface area contributed by atoms with Gasteiger partial charge in [-0.05, 0) is 30.0 Å². The van der Waals surface area contributed by atoms with Crippen molar-refractivity contribution in [3.63, 3.8) is 0 Å². The number of anilines is 1. The summed E-state index contributed by atoms with van der Waals surface area (Å²) in [6.45, 7) is 4.63. The van der Waals surface area contributed by atoms with E-state index < -0.39 is 0 Å². The molecule has 1 rings (SSSR count). The lowest BCUT2D eigenvalue weighted by Crippen LogP contribution is -2.25. The minimum absolute atomic E-state index is 0.0719. The van der Waals surface area contributed by atoms with Gasteiger partial charge in [-0.2, -0.15) is 0 Å². The van der Waals surface area contributed by atoms with E-state index in [1.165, 1.54) is 0 Å². The zero-order valence-corrected chi connectivity index (χ0v) is 12.3. The first kappa shape index (κ1) is 15.5. The maximum atomic E-state index is 11.5. The van der Waals surface area contributed by atoms with Gasteiger partial charge in [0.25, 0.3) is 0 Å². The van der Waals surface area contributed by atoms with Crippen molar-refractivity contribution in [2.75, 3.05) is 25.6 Å². The van der Waals surface area contributed by atoms with Crippen LogP contribution in [0.5, 0.6) is 0 Å². The van der Waals surface area contributed by atoms with Gasteiger partial charge in [-0.1, -0.05) is 26.0 Å². The van der Waals surface area contributed by atoms with Crippen LogP contribution in [0.1, 0.15) is 25.8 Å². The summed E-state index contributed by atoms with van der Waals surface area (Å²) in [4.78, 5) is 18.7. The van der Waals surface area contributed by atoms with Crippen LogP contribution in [0.15, 0.2) is 24.3 Å². The molecule has 1 amide bonds. The van der Waals surface area contributed by atoms with Crippen LogP contribution in [0.4, 0.5) is 5.69 Å². The number of nitrogens with zero attached hydrogens (tertiary/aromatic N) is 1. The summed E-state index contributed by atoms with van der Waals surface area (Å²) in [5.74, 6) is 0.344. The highest BCUT2D eigenvalue weighted by atomic mass is 16.6. The number of amides is 1.